The maximum Gasteiger partial charge on any atom is 0.164 e. The highest BCUT2D eigenvalue weighted by molar-refractivity contribution is 6.42. The zero-order valence-corrected chi connectivity index (χ0v) is 15.3. The molecule has 1 aromatic carbocycles. The first-order valence-corrected chi connectivity index (χ1v) is 8.85. The van der Waals surface area contributed by atoms with Crippen LogP contribution in [0.25, 0.3) is 11.0 Å². The molecular weight excluding hydrogens is 395 g/mol. The van der Waals surface area contributed by atoms with Gasteiger partial charge in [-0.05, 0) is 23.8 Å². The van der Waals surface area contributed by atoms with Gasteiger partial charge in [-0.15, -0.1) is 0 Å². The predicted molar refractivity (Wildman–Crippen MR) is 99.3 cm³/mol. The molecule has 3 heterocycles. The number of aromatic nitrogens is 3. The van der Waals surface area contributed by atoms with Crippen LogP contribution < -0.4 is 5.73 Å². The zero-order valence-electron chi connectivity index (χ0n) is 13.8. The molecule has 0 bridgehead atoms. The minimum absolute atomic E-state index is 0.265. The number of aliphatic hydroxyl groups excluding tert-OH is 3. The molecule has 4 rings (SSSR count). The SMILES string of the molecule is Nc1ncnc2c1ccn2[C@@H]1O[C@H](C(O)c2ccc(Cl)c(Cl)c2)[C@@H](O)[C@H]1O. The Morgan fingerprint density at radius 3 is 2.63 bits per heavy atom. The number of nitrogen functional groups attached to an aromatic ring is 1. The van der Waals surface area contributed by atoms with Gasteiger partial charge in [-0.2, -0.15) is 0 Å². The van der Waals surface area contributed by atoms with Gasteiger partial charge < -0.3 is 30.4 Å². The second kappa shape index (κ2) is 6.90. The Kier molecular flexibility index (Phi) is 4.71. The summed E-state index contributed by atoms with van der Waals surface area (Å²) in [5, 5.41) is 32.8. The summed E-state index contributed by atoms with van der Waals surface area (Å²) in [6.07, 6.45) is -2.97. The second-order valence-corrected chi connectivity index (χ2v) is 7.12. The molecule has 3 aromatic rings. The van der Waals surface area contributed by atoms with Crippen LogP contribution in [0.15, 0.2) is 36.8 Å². The molecule has 10 heteroatoms. The van der Waals surface area contributed by atoms with Crippen molar-refractivity contribution in [1.29, 1.82) is 0 Å². The minimum atomic E-state index is -1.34. The summed E-state index contributed by atoms with van der Waals surface area (Å²) in [5.74, 6) is 0.291. The van der Waals surface area contributed by atoms with Crippen molar-refractivity contribution >= 4 is 40.1 Å². The zero-order chi connectivity index (χ0) is 19.3. The Balaban J connectivity index is 1.66. The van der Waals surface area contributed by atoms with E-state index >= 15 is 0 Å². The van der Waals surface area contributed by atoms with Crippen LogP contribution in [0.4, 0.5) is 5.82 Å². The van der Waals surface area contributed by atoms with Crippen LogP contribution in [0.3, 0.4) is 0 Å². The molecule has 0 aliphatic carbocycles. The van der Waals surface area contributed by atoms with E-state index in [0.29, 0.717) is 27.4 Å². The van der Waals surface area contributed by atoms with E-state index in [1.807, 2.05) is 0 Å². The summed E-state index contributed by atoms with van der Waals surface area (Å²) in [6.45, 7) is 0. The van der Waals surface area contributed by atoms with Crippen LogP contribution in [0.1, 0.15) is 17.9 Å². The Bertz CT molecular complexity index is 998. The third-order valence-corrected chi connectivity index (χ3v) is 5.42. The summed E-state index contributed by atoms with van der Waals surface area (Å²) in [5.41, 5.74) is 6.68. The number of rotatable bonds is 3. The topological polar surface area (TPSA) is 127 Å². The minimum Gasteiger partial charge on any atom is -0.387 e. The summed E-state index contributed by atoms with van der Waals surface area (Å²) in [7, 11) is 0. The number of hydrogen-bond acceptors (Lipinski definition) is 7. The smallest absolute Gasteiger partial charge is 0.164 e. The molecule has 1 fully saturated rings. The summed E-state index contributed by atoms with van der Waals surface area (Å²) < 4.78 is 7.34. The van der Waals surface area contributed by atoms with Crippen molar-refractivity contribution in [2.45, 2.75) is 30.6 Å². The number of halogens is 2. The van der Waals surface area contributed by atoms with Crippen molar-refractivity contribution in [3.63, 3.8) is 0 Å². The van der Waals surface area contributed by atoms with Crippen LogP contribution in [0, 0.1) is 0 Å². The van der Waals surface area contributed by atoms with E-state index < -0.39 is 30.6 Å². The first kappa shape index (κ1) is 18.4. The van der Waals surface area contributed by atoms with Crippen molar-refractivity contribution in [2.75, 3.05) is 5.73 Å². The number of anilines is 1. The number of fused-ring (bicyclic) bond motifs is 1. The number of nitrogens with zero attached hydrogens (tertiary/aromatic N) is 3. The van der Waals surface area contributed by atoms with Gasteiger partial charge in [0.15, 0.2) is 6.23 Å². The lowest BCUT2D eigenvalue weighted by molar-refractivity contribution is -0.0848. The van der Waals surface area contributed by atoms with E-state index in [-0.39, 0.29) is 5.02 Å². The standard InChI is InChI=1S/C17H16Cl2N4O4/c18-9-2-1-7(5-10(9)19)11(24)14-12(25)13(26)17(27-14)23-4-3-8-15(20)21-6-22-16(8)23/h1-6,11-14,17,24-26H,(H2,20,21,22)/t11?,12-,13+,14+,17+/m0/s1. The number of benzene rings is 1. The molecule has 0 radical (unpaired) electrons. The molecule has 1 aliphatic heterocycles. The molecule has 2 aromatic heterocycles. The number of hydrogen-bond donors (Lipinski definition) is 4. The highest BCUT2D eigenvalue weighted by Crippen LogP contribution is 2.38. The van der Waals surface area contributed by atoms with Gasteiger partial charge in [0.2, 0.25) is 0 Å². The van der Waals surface area contributed by atoms with E-state index in [1.165, 1.54) is 18.5 Å². The van der Waals surface area contributed by atoms with Gasteiger partial charge in [-0.3, -0.25) is 0 Å². The van der Waals surface area contributed by atoms with Gasteiger partial charge in [0.25, 0.3) is 0 Å². The summed E-state index contributed by atoms with van der Waals surface area (Å²) in [6, 6.07) is 6.30. The lowest BCUT2D eigenvalue weighted by Gasteiger charge is -2.21. The van der Waals surface area contributed by atoms with E-state index in [4.69, 9.17) is 33.7 Å². The molecule has 1 unspecified atom stereocenters. The molecular formula is C17H16Cl2N4O4. The second-order valence-electron chi connectivity index (χ2n) is 6.31. The molecule has 0 amide bonds. The Hall–Kier alpha value is -1.94. The Labute approximate surface area is 163 Å². The van der Waals surface area contributed by atoms with E-state index in [9.17, 15) is 15.3 Å². The van der Waals surface area contributed by atoms with Crippen LogP contribution in [0.5, 0.6) is 0 Å². The maximum absolute atomic E-state index is 10.6. The largest absolute Gasteiger partial charge is 0.387 e. The lowest BCUT2D eigenvalue weighted by atomic mass is 9.99. The molecule has 5 N–H and O–H groups in total. The molecule has 0 spiro atoms. The third-order valence-electron chi connectivity index (χ3n) is 4.69. The molecule has 142 valence electrons. The van der Waals surface area contributed by atoms with Gasteiger partial charge in [0.1, 0.15) is 42.2 Å². The van der Waals surface area contributed by atoms with Crippen LogP contribution in [0.2, 0.25) is 10.0 Å². The fourth-order valence-electron chi connectivity index (χ4n) is 3.26. The van der Waals surface area contributed by atoms with E-state index in [1.54, 1.807) is 22.9 Å². The van der Waals surface area contributed by atoms with Crippen molar-refractivity contribution in [1.82, 2.24) is 14.5 Å². The number of nitrogens with two attached hydrogens (primary N) is 1. The quantitative estimate of drug-likeness (QED) is 0.517. The Morgan fingerprint density at radius 2 is 1.89 bits per heavy atom. The van der Waals surface area contributed by atoms with Gasteiger partial charge in [-0.25, -0.2) is 9.97 Å². The molecule has 8 nitrogen and oxygen atoms in total. The molecule has 1 saturated heterocycles. The molecule has 27 heavy (non-hydrogen) atoms. The van der Waals surface area contributed by atoms with Crippen molar-refractivity contribution in [3.8, 4) is 0 Å². The first-order chi connectivity index (χ1) is 12.9. The Morgan fingerprint density at radius 1 is 1.11 bits per heavy atom. The van der Waals surface area contributed by atoms with Crippen molar-refractivity contribution in [2.24, 2.45) is 0 Å². The highest BCUT2D eigenvalue weighted by atomic mass is 35.5. The van der Waals surface area contributed by atoms with Crippen molar-refractivity contribution in [3.05, 3.63) is 52.4 Å². The van der Waals surface area contributed by atoms with Gasteiger partial charge >= 0.3 is 0 Å². The number of ether oxygens (including phenoxy) is 1. The normalized spacial score (nSPS) is 26.6. The van der Waals surface area contributed by atoms with E-state index in [2.05, 4.69) is 9.97 Å². The highest BCUT2D eigenvalue weighted by Gasteiger charge is 2.47. The van der Waals surface area contributed by atoms with E-state index in [0.717, 1.165) is 0 Å². The van der Waals surface area contributed by atoms with Crippen LogP contribution >= 0.6 is 23.2 Å². The first-order valence-electron chi connectivity index (χ1n) is 8.10. The van der Waals surface area contributed by atoms with Gasteiger partial charge in [0, 0.05) is 6.20 Å². The van der Waals surface area contributed by atoms with Crippen molar-refractivity contribution < 1.29 is 20.1 Å². The monoisotopic (exact) mass is 410 g/mol. The summed E-state index contributed by atoms with van der Waals surface area (Å²) in [4.78, 5) is 8.08. The molecule has 0 saturated carbocycles. The van der Waals surface area contributed by atoms with Crippen LogP contribution in [-0.2, 0) is 4.74 Å². The fourth-order valence-corrected chi connectivity index (χ4v) is 3.56. The summed E-state index contributed by atoms with van der Waals surface area (Å²) >= 11 is 11.9. The van der Waals surface area contributed by atoms with Gasteiger partial charge in [-0.1, -0.05) is 29.3 Å². The maximum atomic E-state index is 10.6. The number of aliphatic hydroxyl groups is 3. The average molecular weight is 411 g/mol. The third kappa shape index (κ3) is 3.04. The lowest BCUT2D eigenvalue weighted by Crippen LogP contribution is -2.34. The average Bonchev–Trinajstić information content (AvgIpc) is 3.20. The molecule has 5 atom stereocenters. The fraction of sp³-hybridized carbons (Fsp3) is 0.294. The molecule has 1 aliphatic rings. The van der Waals surface area contributed by atoms with Crippen LogP contribution in [-0.4, -0.2) is 48.2 Å². The van der Waals surface area contributed by atoms with Gasteiger partial charge in [0.05, 0.1) is 15.4 Å². The predicted octanol–water partition coefficient (Wildman–Crippen LogP) is 1.67.